The molecule has 0 bridgehead atoms. The van der Waals surface area contributed by atoms with Crippen molar-refractivity contribution in [3.8, 4) is 0 Å². The van der Waals surface area contributed by atoms with Gasteiger partial charge in [0.05, 0.1) is 0 Å². The Hall–Kier alpha value is -1.77. The summed E-state index contributed by atoms with van der Waals surface area (Å²) in [7, 11) is 1.95. The fourth-order valence-electron chi connectivity index (χ4n) is 3.46. The van der Waals surface area contributed by atoms with Crippen LogP contribution in [0.1, 0.15) is 53.7 Å². The van der Waals surface area contributed by atoms with Crippen LogP contribution in [0.15, 0.2) is 18.2 Å². The van der Waals surface area contributed by atoms with Crippen LogP contribution in [0, 0.1) is 13.8 Å². The maximum Gasteiger partial charge on any atom is 0.270 e. The van der Waals surface area contributed by atoms with Gasteiger partial charge in [0.2, 0.25) is 0 Å². The molecular weight excluding hydrogens is 260 g/mol. The highest BCUT2D eigenvalue weighted by Crippen LogP contribution is 2.26. The number of aryl methyl sites for hydroxylation is 2. The van der Waals surface area contributed by atoms with Crippen LogP contribution in [-0.2, 0) is 0 Å². The SMILES string of the molecule is Cc1ccc2[nH]c(C(=O)N(C)C3CCCCC3)c(C)c2c1. The summed E-state index contributed by atoms with van der Waals surface area (Å²) in [5, 5.41) is 1.16. The second-order valence-corrected chi connectivity index (χ2v) is 6.38. The summed E-state index contributed by atoms with van der Waals surface area (Å²) in [6, 6.07) is 6.70. The van der Waals surface area contributed by atoms with E-state index in [0.717, 1.165) is 35.0 Å². The first-order chi connectivity index (χ1) is 10.1. The van der Waals surface area contributed by atoms with E-state index >= 15 is 0 Å². The van der Waals surface area contributed by atoms with E-state index in [1.165, 1.54) is 24.8 Å². The smallest absolute Gasteiger partial charge is 0.270 e. The van der Waals surface area contributed by atoms with Gasteiger partial charge in [-0.05, 0) is 44.4 Å². The number of amides is 1. The highest BCUT2D eigenvalue weighted by atomic mass is 16.2. The van der Waals surface area contributed by atoms with E-state index in [2.05, 4.69) is 30.1 Å². The summed E-state index contributed by atoms with van der Waals surface area (Å²) in [5.41, 5.74) is 4.10. The molecule has 0 radical (unpaired) electrons. The molecule has 0 unspecified atom stereocenters. The molecule has 1 N–H and O–H groups in total. The highest BCUT2D eigenvalue weighted by molar-refractivity contribution is 6.01. The van der Waals surface area contributed by atoms with Crippen molar-refractivity contribution in [2.75, 3.05) is 7.05 Å². The third-order valence-corrected chi connectivity index (χ3v) is 4.87. The van der Waals surface area contributed by atoms with Crippen LogP contribution in [0.3, 0.4) is 0 Å². The number of fused-ring (bicyclic) bond motifs is 1. The molecular formula is C18H24N2O. The van der Waals surface area contributed by atoms with Gasteiger partial charge >= 0.3 is 0 Å². The van der Waals surface area contributed by atoms with Crippen molar-refractivity contribution in [3.63, 3.8) is 0 Å². The maximum absolute atomic E-state index is 12.8. The Morgan fingerprint density at radius 3 is 2.62 bits per heavy atom. The molecule has 1 amide bonds. The number of H-pyrrole nitrogens is 1. The zero-order chi connectivity index (χ0) is 15.0. The second-order valence-electron chi connectivity index (χ2n) is 6.38. The molecule has 1 heterocycles. The maximum atomic E-state index is 12.8. The molecule has 3 nitrogen and oxygen atoms in total. The molecule has 1 aliphatic rings. The number of carbonyl (C=O) groups excluding carboxylic acids is 1. The molecule has 0 atom stereocenters. The summed E-state index contributed by atoms with van der Waals surface area (Å²) < 4.78 is 0. The molecule has 1 aromatic heterocycles. The predicted molar refractivity (Wildman–Crippen MR) is 86.7 cm³/mol. The van der Waals surface area contributed by atoms with E-state index in [1.807, 2.05) is 18.9 Å². The summed E-state index contributed by atoms with van der Waals surface area (Å²) in [4.78, 5) is 18.1. The largest absolute Gasteiger partial charge is 0.350 e. The van der Waals surface area contributed by atoms with Crippen LogP contribution in [0.5, 0.6) is 0 Å². The number of aromatic amines is 1. The van der Waals surface area contributed by atoms with E-state index < -0.39 is 0 Å². The first-order valence-electron chi connectivity index (χ1n) is 7.94. The molecule has 1 saturated carbocycles. The molecule has 1 aliphatic carbocycles. The van der Waals surface area contributed by atoms with Crippen molar-refractivity contribution in [2.45, 2.75) is 52.0 Å². The Bertz CT molecular complexity index is 665. The van der Waals surface area contributed by atoms with Crippen LogP contribution < -0.4 is 0 Å². The lowest BCUT2D eigenvalue weighted by Gasteiger charge is -2.31. The molecule has 0 spiro atoms. The van der Waals surface area contributed by atoms with E-state index in [9.17, 15) is 4.79 Å². The quantitative estimate of drug-likeness (QED) is 0.882. The number of rotatable bonds is 2. The minimum Gasteiger partial charge on any atom is -0.350 e. The fraction of sp³-hybridized carbons (Fsp3) is 0.500. The highest BCUT2D eigenvalue weighted by Gasteiger charge is 2.25. The standard InChI is InChI=1S/C18H24N2O/c1-12-9-10-16-15(11-12)13(2)17(19-16)18(21)20(3)14-7-5-4-6-8-14/h9-11,14,19H,4-8H2,1-3H3. The van der Waals surface area contributed by atoms with Crippen LogP contribution in [0.2, 0.25) is 0 Å². The van der Waals surface area contributed by atoms with Gasteiger partial charge in [-0.3, -0.25) is 4.79 Å². The average Bonchev–Trinajstić information content (AvgIpc) is 2.83. The molecule has 2 aromatic rings. The number of carbonyl (C=O) groups is 1. The van der Waals surface area contributed by atoms with E-state index in [1.54, 1.807) is 0 Å². The monoisotopic (exact) mass is 284 g/mol. The number of benzene rings is 1. The van der Waals surface area contributed by atoms with Gasteiger partial charge in [-0.2, -0.15) is 0 Å². The third kappa shape index (κ3) is 2.57. The first-order valence-corrected chi connectivity index (χ1v) is 7.94. The average molecular weight is 284 g/mol. The summed E-state index contributed by atoms with van der Waals surface area (Å²) in [6.45, 7) is 4.13. The van der Waals surface area contributed by atoms with Crippen LogP contribution in [-0.4, -0.2) is 28.9 Å². The topological polar surface area (TPSA) is 36.1 Å². The van der Waals surface area contributed by atoms with Crippen molar-refractivity contribution in [1.29, 1.82) is 0 Å². The molecule has 112 valence electrons. The molecule has 1 aromatic carbocycles. The zero-order valence-corrected chi connectivity index (χ0v) is 13.2. The van der Waals surface area contributed by atoms with E-state index in [-0.39, 0.29) is 5.91 Å². The lowest BCUT2D eigenvalue weighted by Crippen LogP contribution is -2.38. The molecule has 21 heavy (non-hydrogen) atoms. The van der Waals surface area contributed by atoms with Crippen molar-refractivity contribution in [1.82, 2.24) is 9.88 Å². The van der Waals surface area contributed by atoms with Crippen molar-refractivity contribution < 1.29 is 4.79 Å². The predicted octanol–water partition coefficient (Wildman–Crippen LogP) is 4.19. The summed E-state index contributed by atoms with van der Waals surface area (Å²) in [5.74, 6) is 0.133. The zero-order valence-electron chi connectivity index (χ0n) is 13.2. The van der Waals surface area contributed by atoms with Crippen molar-refractivity contribution >= 4 is 16.8 Å². The van der Waals surface area contributed by atoms with E-state index in [4.69, 9.17) is 0 Å². The van der Waals surface area contributed by atoms with Gasteiger partial charge in [-0.25, -0.2) is 0 Å². The summed E-state index contributed by atoms with van der Waals surface area (Å²) >= 11 is 0. The summed E-state index contributed by atoms with van der Waals surface area (Å²) in [6.07, 6.45) is 6.07. The Morgan fingerprint density at radius 1 is 1.19 bits per heavy atom. The van der Waals surface area contributed by atoms with Crippen LogP contribution in [0.4, 0.5) is 0 Å². The Balaban J connectivity index is 1.92. The molecule has 0 aliphatic heterocycles. The Kier molecular flexibility index (Phi) is 3.75. The Morgan fingerprint density at radius 2 is 1.90 bits per heavy atom. The second kappa shape index (κ2) is 5.55. The number of hydrogen-bond acceptors (Lipinski definition) is 1. The molecule has 1 fully saturated rings. The Labute approximate surface area is 126 Å². The van der Waals surface area contributed by atoms with E-state index in [0.29, 0.717) is 6.04 Å². The minimum atomic E-state index is 0.133. The van der Waals surface area contributed by atoms with Crippen LogP contribution in [0.25, 0.3) is 10.9 Å². The lowest BCUT2D eigenvalue weighted by atomic mass is 9.94. The number of hydrogen-bond donors (Lipinski definition) is 1. The van der Waals surface area contributed by atoms with Gasteiger partial charge in [0.25, 0.3) is 5.91 Å². The van der Waals surface area contributed by atoms with Gasteiger partial charge in [0, 0.05) is 24.0 Å². The molecule has 0 saturated heterocycles. The van der Waals surface area contributed by atoms with Gasteiger partial charge in [-0.15, -0.1) is 0 Å². The third-order valence-electron chi connectivity index (χ3n) is 4.87. The lowest BCUT2D eigenvalue weighted by molar-refractivity contribution is 0.0690. The number of aromatic nitrogens is 1. The molecule has 3 rings (SSSR count). The van der Waals surface area contributed by atoms with Gasteiger partial charge in [-0.1, -0.05) is 30.9 Å². The minimum absolute atomic E-state index is 0.133. The molecule has 3 heteroatoms. The van der Waals surface area contributed by atoms with Crippen LogP contribution >= 0.6 is 0 Å². The number of nitrogens with one attached hydrogen (secondary N) is 1. The van der Waals surface area contributed by atoms with Gasteiger partial charge < -0.3 is 9.88 Å². The first kappa shape index (κ1) is 14.2. The fourth-order valence-corrected chi connectivity index (χ4v) is 3.46. The van der Waals surface area contributed by atoms with Gasteiger partial charge in [0.15, 0.2) is 0 Å². The normalized spacial score (nSPS) is 16.3. The van der Waals surface area contributed by atoms with Crippen molar-refractivity contribution in [2.24, 2.45) is 0 Å². The van der Waals surface area contributed by atoms with Crippen molar-refractivity contribution in [3.05, 3.63) is 35.0 Å². The van der Waals surface area contributed by atoms with Gasteiger partial charge in [0.1, 0.15) is 5.69 Å². The number of nitrogens with zero attached hydrogens (tertiary/aromatic N) is 1.